The second-order valence-electron chi connectivity index (χ2n) is 9.48. The third-order valence-corrected chi connectivity index (χ3v) is 7.52. The van der Waals surface area contributed by atoms with Gasteiger partial charge in [-0.15, -0.1) is 0 Å². The van der Waals surface area contributed by atoms with E-state index in [2.05, 4.69) is 137 Å². The molecule has 2 heterocycles. The van der Waals surface area contributed by atoms with E-state index in [0.29, 0.717) is 0 Å². The molecule has 0 fully saturated rings. The van der Waals surface area contributed by atoms with Crippen LogP contribution >= 0.6 is 0 Å². The van der Waals surface area contributed by atoms with Crippen molar-refractivity contribution in [2.24, 2.45) is 0 Å². The fourth-order valence-electron chi connectivity index (χ4n) is 5.93. The van der Waals surface area contributed by atoms with Crippen LogP contribution in [0.15, 0.2) is 127 Å². The molecule has 0 aliphatic carbocycles. The Morgan fingerprint density at radius 2 is 1.08 bits per heavy atom. The molecule has 0 amide bonds. The zero-order valence-corrected chi connectivity index (χ0v) is 19.6. The number of aromatic nitrogens is 2. The summed E-state index contributed by atoms with van der Waals surface area (Å²) in [7, 11) is 0. The molecule has 8 rings (SSSR count). The van der Waals surface area contributed by atoms with Crippen LogP contribution in [-0.4, -0.2) is 9.55 Å². The summed E-state index contributed by atoms with van der Waals surface area (Å²) >= 11 is 0. The SMILES string of the molecule is c1ccc(-c2ccc(-n3c4ccccc4c4c5c(ccc43)[nH]c3ccc4ccccc4c35)cc2)cc1. The van der Waals surface area contributed by atoms with Gasteiger partial charge in [-0.25, -0.2) is 0 Å². The Hall–Kier alpha value is -4.82. The average molecular weight is 459 g/mol. The van der Waals surface area contributed by atoms with E-state index in [1.165, 1.54) is 71.2 Å². The zero-order valence-electron chi connectivity index (χ0n) is 19.6. The first-order chi connectivity index (χ1) is 17.9. The molecule has 8 aromatic rings. The maximum absolute atomic E-state index is 3.69. The average Bonchev–Trinajstić information content (AvgIpc) is 3.49. The lowest BCUT2D eigenvalue weighted by Gasteiger charge is -2.09. The summed E-state index contributed by atoms with van der Waals surface area (Å²) in [6.07, 6.45) is 0. The fourth-order valence-corrected chi connectivity index (χ4v) is 5.93. The Kier molecular flexibility index (Phi) is 3.97. The Labute approximate surface area is 208 Å². The number of rotatable bonds is 2. The van der Waals surface area contributed by atoms with Crippen LogP contribution in [0.2, 0.25) is 0 Å². The van der Waals surface area contributed by atoms with Crippen LogP contribution in [0.25, 0.3) is 71.2 Å². The van der Waals surface area contributed by atoms with Crippen LogP contribution in [-0.2, 0) is 0 Å². The third-order valence-electron chi connectivity index (χ3n) is 7.52. The first kappa shape index (κ1) is 19.5. The summed E-state index contributed by atoms with van der Waals surface area (Å²) in [6.45, 7) is 0. The number of H-pyrrole nitrogens is 1. The van der Waals surface area contributed by atoms with Crippen LogP contribution < -0.4 is 0 Å². The minimum Gasteiger partial charge on any atom is -0.354 e. The third kappa shape index (κ3) is 2.67. The molecule has 0 aliphatic rings. The minimum atomic E-state index is 1.17. The van der Waals surface area contributed by atoms with Gasteiger partial charge in [-0.05, 0) is 58.3 Å². The highest BCUT2D eigenvalue weighted by Crippen LogP contribution is 2.42. The fraction of sp³-hybridized carbons (Fsp3) is 0. The maximum Gasteiger partial charge on any atom is 0.0548 e. The molecule has 1 N–H and O–H groups in total. The van der Waals surface area contributed by atoms with Gasteiger partial charge in [0, 0.05) is 38.3 Å². The lowest BCUT2D eigenvalue weighted by Crippen LogP contribution is -1.93. The number of aromatic amines is 1. The molecule has 2 heteroatoms. The van der Waals surface area contributed by atoms with Crippen molar-refractivity contribution in [3.8, 4) is 16.8 Å². The lowest BCUT2D eigenvalue weighted by molar-refractivity contribution is 1.18. The molecule has 2 nitrogen and oxygen atoms in total. The van der Waals surface area contributed by atoms with E-state index in [9.17, 15) is 0 Å². The topological polar surface area (TPSA) is 20.7 Å². The monoisotopic (exact) mass is 458 g/mol. The Balaban J connectivity index is 1.48. The van der Waals surface area contributed by atoms with Crippen molar-refractivity contribution < 1.29 is 0 Å². The number of hydrogen-bond donors (Lipinski definition) is 1. The van der Waals surface area contributed by atoms with Crippen LogP contribution in [0.3, 0.4) is 0 Å². The van der Waals surface area contributed by atoms with Gasteiger partial charge in [-0.2, -0.15) is 0 Å². The largest absolute Gasteiger partial charge is 0.354 e. The van der Waals surface area contributed by atoms with E-state index in [1.54, 1.807) is 0 Å². The smallest absolute Gasteiger partial charge is 0.0548 e. The van der Waals surface area contributed by atoms with Gasteiger partial charge in [-0.3, -0.25) is 0 Å². The van der Waals surface area contributed by atoms with Gasteiger partial charge in [0.25, 0.3) is 0 Å². The van der Waals surface area contributed by atoms with Gasteiger partial charge < -0.3 is 9.55 Å². The number of hydrogen-bond acceptors (Lipinski definition) is 0. The van der Waals surface area contributed by atoms with E-state index in [-0.39, 0.29) is 0 Å². The van der Waals surface area contributed by atoms with Gasteiger partial charge in [-0.1, -0.05) is 91.0 Å². The number of benzene rings is 6. The van der Waals surface area contributed by atoms with E-state index in [0.717, 1.165) is 0 Å². The predicted octanol–water partition coefficient (Wildman–Crippen LogP) is 9.24. The second kappa shape index (κ2) is 7.34. The first-order valence-electron chi connectivity index (χ1n) is 12.4. The summed E-state index contributed by atoms with van der Waals surface area (Å²) in [6, 6.07) is 45.9. The van der Waals surface area contributed by atoms with Gasteiger partial charge in [0.15, 0.2) is 0 Å². The summed E-state index contributed by atoms with van der Waals surface area (Å²) in [4.78, 5) is 3.69. The molecule has 168 valence electrons. The van der Waals surface area contributed by atoms with Gasteiger partial charge in [0.1, 0.15) is 0 Å². The number of nitrogens with one attached hydrogen (secondary N) is 1. The van der Waals surface area contributed by atoms with Crippen molar-refractivity contribution in [3.05, 3.63) is 127 Å². The first-order valence-corrected chi connectivity index (χ1v) is 12.4. The molecule has 2 aromatic heterocycles. The molecule has 0 saturated heterocycles. The second-order valence-corrected chi connectivity index (χ2v) is 9.48. The standard InChI is InChI=1S/C34H22N2/c1-2-8-22(9-3-1)23-14-17-25(18-15-23)36-30-13-7-6-12-27(30)33-31(36)21-20-29-34(33)32-26-11-5-4-10-24(26)16-19-28(32)35-29/h1-21,35H. The predicted molar refractivity (Wildman–Crippen MR) is 153 cm³/mol. The number of para-hydroxylation sites is 1. The van der Waals surface area contributed by atoms with E-state index in [4.69, 9.17) is 0 Å². The highest BCUT2D eigenvalue weighted by atomic mass is 15.0. The summed E-state index contributed by atoms with van der Waals surface area (Å²) < 4.78 is 2.41. The number of fused-ring (bicyclic) bond motifs is 9. The Bertz CT molecular complexity index is 2070. The van der Waals surface area contributed by atoms with Crippen molar-refractivity contribution in [3.63, 3.8) is 0 Å². The summed E-state index contributed by atoms with van der Waals surface area (Å²) in [5.74, 6) is 0. The zero-order chi connectivity index (χ0) is 23.6. The molecule has 0 spiro atoms. The molecular weight excluding hydrogens is 436 g/mol. The quantitative estimate of drug-likeness (QED) is 0.266. The maximum atomic E-state index is 3.69. The van der Waals surface area contributed by atoms with E-state index in [1.807, 2.05) is 0 Å². The number of nitrogens with zero attached hydrogens (tertiary/aromatic N) is 1. The Morgan fingerprint density at radius 1 is 0.417 bits per heavy atom. The molecule has 0 bridgehead atoms. The van der Waals surface area contributed by atoms with Crippen molar-refractivity contribution >= 4 is 54.4 Å². The highest BCUT2D eigenvalue weighted by molar-refractivity contribution is 6.32. The Morgan fingerprint density at radius 3 is 1.94 bits per heavy atom. The van der Waals surface area contributed by atoms with Crippen molar-refractivity contribution in [1.82, 2.24) is 9.55 Å². The van der Waals surface area contributed by atoms with E-state index < -0.39 is 0 Å². The van der Waals surface area contributed by atoms with Crippen molar-refractivity contribution in [2.45, 2.75) is 0 Å². The highest BCUT2D eigenvalue weighted by Gasteiger charge is 2.18. The lowest BCUT2D eigenvalue weighted by atomic mass is 10.0. The molecule has 0 unspecified atom stereocenters. The van der Waals surface area contributed by atoms with Crippen molar-refractivity contribution in [1.29, 1.82) is 0 Å². The van der Waals surface area contributed by atoms with E-state index >= 15 is 0 Å². The normalized spacial score (nSPS) is 11.9. The van der Waals surface area contributed by atoms with Crippen LogP contribution in [0, 0.1) is 0 Å². The van der Waals surface area contributed by atoms with Crippen LogP contribution in [0.1, 0.15) is 0 Å². The molecule has 36 heavy (non-hydrogen) atoms. The molecular formula is C34H22N2. The minimum absolute atomic E-state index is 1.17. The molecule has 0 atom stereocenters. The molecule has 6 aromatic carbocycles. The van der Waals surface area contributed by atoms with Gasteiger partial charge >= 0.3 is 0 Å². The summed E-state index contributed by atoms with van der Waals surface area (Å²) in [5, 5.41) is 7.74. The van der Waals surface area contributed by atoms with Crippen LogP contribution in [0.5, 0.6) is 0 Å². The van der Waals surface area contributed by atoms with Gasteiger partial charge in [0.2, 0.25) is 0 Å². The molecule has 0 saturated carbocycles. The van der Waals surface area contributed by atoms with Crippen molar-refractivity contribution in [2.75, 3.05) is 0 Å². The molecule has 0 aliphatic heterocycles. The molecule has 0 radical (unpaired) electrons. The summed E-state index contributed by atoms with van der Waals surface area (Å²) in [5.41, 5.74) is 8.44. The van der Waals surface area contributed by atoms with Gasteiger partial charge in [0.05, 0.1) is 11.0 Å². The van der Waals surface area contributed by atoms with Crippen LogP contribution in [0.4, 0.5) is 0 Å².